The second-order valence-electron chi connectivity index (χ2n) is 6.19. The Balaban J connectivity index is 1.58. The van der Waals surface area contributed by atoms with Crippen molar-refractivity contribution in [3.8, 4) is 0 Å². The number of hydrogen-bond acceptors (Lipinski definition) is 3. The lowest BCUT2D eigenvalue weighted by molar-refractivity contribution is 0.0635. The van der Waals surface area contributed by atoms with Gasteiger partial charge in [-0.2, -0.15) is 0 Å². The first-order valence-corrected chi connectivity index (χ1v) is 8.07. The maximum absolute atomic E-state index is 13.2. The predicted octanol–water partition coefficient (Wildman–Crippen LogP) is 3.61. The van der Waals surface area contributed by atoms with Crippen molar-refractivity contribution < 1.29 is 13.6 Å². The molecule has 1 amide bonds. The van der Waals surface area contributed by atoms with Crippen molar-refractivity contribution in [2.75, 3.05) is 13.1 Å². The zero-order valence-corrected chi connectivity index (χ0v) is 13.3. The van der Waals surface area contributed by atoms with Crippen molar-refractivity contribution in [1.82, 2.24) is 9.88 Å². The SMILES string of the molecule is Cc1ncoc1C(=O)N1CCCC(CCc2cccc(F)c2)C1. The number of aromatic nitrogens is 1. The third kappa shape index (κ3) is 3.78. The summed E-state index contributed by atoms with van der Waals surface area (Å²) < 4.78 is 18.4. The van der Waals surface area contributed by atoms with Crippen LogP contribution in [0, 0.1) is 18.7 Å². The summed E-state index contributed by atoms with van der Waals surface area (Å²) >= 11 is 0. The topological polar surface area (TPSA) is 46.3 Å². The molecular weight excluding hydrogens is 295 g/mol. The van der Waals surface area contributed by atoms with Crippen LogP contribution in [0.25, 0.3) is 0 Å². The number of rotatable bonds is 4. The van der Waals surface area contributed by atoms with Gasteiger partial charge in [0.15, 0.2) is 6.39 Å². The Bertz CT molecular complexity index is 683. The van der Waals surface area contributed by atoms with Crippen molar-refractivity contribution >= 4 is 5.91 Å². The normalized spacial score (nSPS) is 18.2. The molecule has 1 atom stereocenters. The minimum Gasteiger partial charge on any atom is -0.438 e. The average Bonchev–Trinajstić information content (AvgIpc) is 2.99. The van der Waals surface area contributed by atoms with Gasteiger partial charge in [0.2, 0.25) is 5.76 Å². The van der Waals surface area contributed by atoms with Crippen molar-refractivity contribution in [3.05, 3.63) is 53.5 Å². The maximum atomic E-state index is 13.2. The molecular formula is C18H21FN2O2. The van der Waals surface area contributed by atoms with E-state index in [9.17, 15) is 9.18 Å². The molecule has 23 heavy (non-hydrogen) atoms. The summed E-state index contributed by atoms with van der Waals surface area (Å²) in [6, 6.07) is 6.74. The predicted molar refractivity (Wildman–Crippen MR) is 84.6 cm³/mol. The Morgan fingerprint density at radius 3 is 3.09 bits per heavy atom. The van der Waals surface area contributed by atoms with Crippen LogP contribution in [0.3, 0.4) is 0 Å². The molecule has 1 saturated heterocycles. The fraction of sp³-hybridized carbons (Fsp3) is 0.444. The third-order valence-corrected chi connectivity index (χ3v) is 4.48. The van der Waals surface area contributed by atoms with Gasteiger partial charge in [0.1, 0.15) is 5.82 Å². The molecule has 0 spiro atoms. The van der Waals surface area contributed by atoms with Gasteiger partial charge in [-0.05, 0) is 56.2 Å². The lowest BCUT2D eigenvalue weighted by atomic mass is 9.91. The number of oxazole rings is 1. The van der Waals surface area contributed by atoms with Crippen LogP contribution in [0.5, 0.6) is 0 Å². The summed E-state index contributed by atoms with van der Waals surface area (Å²) in [6.45, 7) is 3.27. The fourth-order valence-corrected chi connectivity index (χ4v) is 3.20. The summed E-state index contributed by atoms with van der Waals surface area (Å²) in [5.74, 6) is 0.522. The number of likely N-dealkylation sites (tertiary alicyclic amines) is 1. The number of benzene rings is 1. The molecule has 1 aliphatic rings. The largest absolute Gasteiger partial charge is 0.438 e. The van der Waals surface area contributed by atoms with Gasteiger partial charge in [0.25, 0.3) is 5.91 Å². The summed E-state index contributed by atoms with van der Waals surface area (Å²) in [6.07, 6.45) is 5.21. The molecule has 1 fully saturated rings. The summed E-state index contributed by atoms with van der Waals surface area (Å²) in [4.78, 5) is 18.3. The molecule has 2 heterocycles. The quantitative estimate of drug-likeness (QED) is 0.865. The molecule has 4 nitrogen and oxygen atoms in total. The molecule has 122 valence electrons. The number of aryl methyl sites for hydroxylation is 2. The number of piperidine rings is 1. The summed E-state index contributed by atoms with van der Waals surface area (Å²) in [5.41, 5.74) is 1.65. The Morgan fingerprint density at radius 1 is 1.48 bits per heavy atom. The van der Waals surface area contributed by atoms with Crippen LogP contribution in [-0.2, 0) is 6.42 Å². The molecule has 0 radical (unpaired) electrons. The first-order chi connectivity index (χ1) is 11.1. The Kier molecular flexibility index (Phi) is 4.74. The molecule has 1 aromatic carbocycles. The van der Waals surface area contributed by atoms with E-state index in [1.807, 2.05) is 11.0 Å². The standard InChI is InChI=1S/C18H21FN2O2/c1-13-17(23-12-20-13)18(22)21-9-3-5-15(11-21)8-7-14-4-2-6-16(19)10-14/h2,4,6,10,12,15H,3,5,7-9,11H2,1H3. The molecule has 1 aromatic heterocycles. The minimum absolute atomic E-state index is 0.0737. The third-order valence-electron chi connectivity index (χ3n) is 4.48. The van der Waals surface area contributed by atoms with Crippen LogP contribution in [0.4, 0.5) is 4.39 Å². The van der Waals surface area contributed by atoms with Crippen LogP contribution < -0.4 is 0 Å². The lowest BCUT2D eigenvalue weighted by Gasteiger charge is -2.32. The van der Waals surface area contributed by atoms with Gasteiger partial charge >= 0.3 is 0 Å². The first kappa shape index (κ1) is 15.7. The van der Waals surface area contributed by atoms with E-state index in [2.05, 4.69) is 4.98 Å². The van der Waals surface area contributed by atoms with Gasteiger partial charge in [-0.1, -0.05) is 12.1 Å². The zero-order chi connectivity index (χ0) is 16.2. The van der Waals surface area contributed by atoms with Gasteiger partial charge in [-0.25, -0.2) is 9.37 Å². The zero-order valence-electron chi connectivity index (χ0n) is 13.3. The number of carbonyl (C=O) groups is 1. The monoisotopic (exact) mass is 316 g/mol. The highest BCUT2D eigenvalue weighted by molar-refractivity contribution is 5.92. The fourth-order valence-electron chi connectivity index (χ4n) is 3.20. The molecule has 5 heteroatoms. The molecule has 0 saturated carbocycles. The molecule has 1 aliphatic heterocycles. The van der Waals surface area contributed by atoms with E-state index in [1.54, 1.807) is 19.1 Å². The van der Waals surface area contributed by atoms with E-state index < -0.39 is 0 Å². The van der Waals surface area contributed by atoms with Gasteiger partial charge in [-0.15, -0.1) is 0 Å². The molecule has 0 aliphatic carbocycles. The second-order valence-corrected chi connectivity index (χ2v) is 6.19. The smallest absolute Gasteiger partial charge is 0.291 e. The molecule has 0 N–H and O–H groups in total. The van der Waals surface area contributed by atoms with Crippen LogP contribution in [-0.4, -0.2) is 28.9 Å². The number of halogens is 1. The number of hydrogen-bond donors (Lipinski definition) is 0. The van der Waals surface area contributed by atoms with Crippen molar-refractivity contribution in [2.45, 2.75) is 32.6 Å². The lowest BCUT2D eigenvalue weighted by Crippen LogP contribution is -2.40. The highest BCUT2D eigenvalue weighted by atomic mass is 19.1. The van der Waals surface area contributed by atoms with Crippen molar-refractivity contribution in [3.63, 3.8) is 0 Å². The van der Waals surface area contributed by atoms with E-state index in [0.29, 0.717) is 17.4 Å². The van der Waals surface area contributed by atoms with Gasteiger partial charge in [0, 0.05) is 13.1 Å². The van der Waals surface area contributed by atoms with Crippen molar-refractivity contribution in [1.29, 1.82) is 0 Å². The highest BCUT2D eigenvalue weighted by Gasteiger charge is 2.27. The van der Waals surface area contributed by atoms with E-state index in [4.69, 9.17) is 4.42 Å². The number of amides is 1. The van der Waals surface area contributed by atoms with Crippen LogP contribution in [0.15, 0.2) is 35.1 Å². The Hall–Kier alpha value is -2.17. The second kappa shape index (κ2) is 6.94. The van der Waals surface area contributed by atoms with Crippen LogP contribution in [0.1, 0.15) is 41.1 Å². The van der Waals surface area contributed by atoms with Crippen LogP contribution in [0.2, 0.25) is 0 Å². The van der Waals surface area contributed by atoms with E-state index in [-0.39, 0.29) is 11.7 Å². The average molecular weight is 316 g/mol. The number of carbonyl (C=O) groups excluding carboxylic acids is 1. The first-order valence-electron chi connectivity index (χ1n) is 8.07. The van der Waals surface area contributed by atoms with Gasteiger partial charge in [0.05, 0.1) is 5.69 Å². The molecule has 1 unspecified atom stereocenters. The minimum atomic E-state index is -0.191. The van der Waals surface area contributed by atoms with E-state index >= 15 is 0 Å². The summed E-state index contributed by atoms with van der Waals surface area (Å²) in [7, 11) is 0. The van der Waals surface area contributed by atoms with Crippen molar-refractivity contribution in [2.24, 2.45) is 5.92 Å². The van der Waals surface area contributed by atoms with Gasteiger partial charge < -0.3 is 9.32 Å². The molecule has 3 rings (SSSR count). The number of nitrogens with zero attached hydrogens (tertiary/aromatic N) is 2. The summed E-state index contributed by atoms with van der Waals surface area (Å²) in [5, 5.41) is 0. The Labute approximate surface area is 135 Å². The molecule has 0 bridgehead atoms. The highest BCUT2D eigenvalue weighted by Crippen LogP contribution is 2.23. The van der Waals surface area contributed by atoms with Gasteiger partial charge in [-0.3, -0.25) is 4.79 Å². The van der Waals surface area contributed by atoms with E-state index in [0.717, 1.165) is 44.3 Å². The molecule has 2 aromatic rings. The Morgan fingerprint density at radius 2 is 2.35 bits per heavy atom. The van der Waals surface area contributed by atoms with Crippen LogP contribution >= 0.6 is 0 Å². The maximum Gasteiger partial charge on any atom is 0.291 e. The van der Waals surface area contributed by atoms with E-state index in [1.165, 1.54) is 12.5 Å².